The van der Waals surface area contributed by atoms with Gasteiger partial charge in [-0.1, -0.05) is 42.5 Å². The van der Waals surface area contributed by atoms with Crippen molar-refractivity contribution in [2.24, 2.45) is 0 Å². The van der Waals surface area contributed by atoms with E-state index in [1.807, 2.05) is 36.4 Å². The highest BCUT2D eigenvalue weighted by Crippen LogP contribution is 2.18. The molecule has 0 saturated heterocycles. The average Bonchev–Trinajstić information content (AvgIpc) is 2.97. The second-order valence-corrected chi connectivity index (χ2v) is 5.59. The van der Waals surface area contributed by atoms with Crippen LogP contribution in [0.1, 0.15) is 24.0 Å². The van der Waals surface area contributed by atoms with Gasteiger partial charge in [-0.05, 0) is 30.0 Å². The van der Waals surface area contributed by atoms with Crippen molar-refractivity contribution in [1.29, 1.82) is 0 Å². The van der Waals surface area contributed by atoms with E-state index >= 15 is 0 Å². The van der Waals surface area contributed by atoms with Gasteiger partial charge < -0.3 is 19.2 Å². The van der Waals surface area contributed by atoms with Crippen LogP contribution in [0.25, 0.3) is 0 Å². The summed E-state index contributed by atoms with van der Waals surface area (Å²) in [5.74, 6) is 0.720. The highest BCUT2D eigenvalue weighted by molar-refractivity contribution is 6.62. The predicted molar refractivity (Wildman–Crippen MR) is 89.7 cm³/mol. The Morgan fingerprint density at radius 3 is 2.70 bits per heavy atom. The molecule has 0 atom stereocenters. The van der Waals surface area contributed by atoms with Crippen LogP contribution in [0.2, 0.25) is 0 Å². The summed E-state index contributed by atoms with van der Waals surface area (Å²) >= 11 is 0. The second-order valence-electron chi connectivity index (χ2n) is 5.59. The maximum Gasteiger partial charge on any atom is 0.495 e. The fraction of sp³-hybridized carbons (Fsp3) is 0.333. The molecule has 0 amide bonds. The molecular weight excluding hydrogens is 291 g/mol. The topological polar surface area (TPSA) is 47.9 Å². The van der Waals surface area contributed by atoms with E-state index in [2.05, 4.69) is 12.1 Å². The first-order valence-corrected chi connectivity index (χ1v) is 8.00. The Balaban J connectivity index is 1.34. The van der Waals surface area contributed by atoms with E-state index in [9.17, 15) is 5.02 Å². The molecule has 120 valence electrons. The Morgan fingerprint density at radius 1 is 1.00 bits per heavy atom. The standard InChI is InChI=1S/C18H21BO4/c20-19-18-16(14-23-19)9-6-10-17(18)22-12-5-4-11-21-13-15-7-2-1-3-8-15/h1-3,6-10,20H,4-5,11-14H2. The lowest BCUT2D eigenvalue weighted by atomic mass is 9.79. The summed E-state index contributed by atoms with van der Waals surface area (Å²) < 4.78 is 16.7. The molecule has 1 aliphatic rings. The van der Waals surface area contributed by atoms with E-state index in [1.54, 1.807) is 0 Å². The molecule has 3 rings (SSSR count). The van der Waals surface area contributed by atoms with Gasteiger partial charge in [0.1, 0.15) is 5.75 Å². The zero-order valence-electron chi connectivity index (χ0n) is 13.1. The Kier molecular flexibility index (Phi) is 5.69. The van der Waals surface area contributed by atoms with E-state index in [0.717, 1.165) is 36.2 Å². The molecule has 23 heavy (non-hydrogen) atoms. The van der Waals surface area contributed by atoms with Crippen molar-refractivity contribution in [2.75, 3.05) is 13.2 Å². The minimum Gasteiger partial charge on any atom is -0.494 e. The lowest BCUT2D eigenvalue weighted by molar-refractivity contribution is 0.113. The quantitative estimate of drug-likeness (QED) is 0.600. The van der Waals surface area contributed by atoms with Gasteiger partial charge in [0.05, 0.1) is 19.8 Å². The summed E-state index contributed by atoms with van der Waals surface area (Å²) in [6.07, 6.45) is 1.86. The van der Waals surface area contributed by atoms with Crippen molar-refractivity contribution in [3.8, 4) is 5.75 Å². The highest BCUT2D eigenvalue weighted by atomic mass is 16.5. The molecule has 0 fully saturated rings. The van der Waals surface area contributed by atoms with Crippen LogP contribution in [-0.2, 0) is 22.6 Å². The Hall–Kier alpha value is -1.82. The second kappa shape index (κ2) is 8.15. The van der Waals surface area contributed by atoms with Crippen LogP contribution in [0.4, 0.5) is 0 Å². The van der Waals surface area contributed by atoms with Gasteiger partial charge >= 0.3 is 7.12 Å². The Morgan fingerprint density at radius 2 is 1.83 bits per heavy atom. The fourth-order valence-electron chi connectivity index (χ4n) is 2.63. The number of unbranched alkanes of at least 4 members (excludes halogenated alkanes) is 1. The molecule has 2 aromatic rings. The van der Waals surface area contributed by atoms with Crippen molar-refractivity contribution in [3.63, 3.8) is 0 Å². The molecule has 0 radical (unpaired) electrons. The van der Waals surface area contributed by atoms with E-state index in [1.165, 1.54) is 5.56 Å². The van der Waals surface area contributed by atoms with E-state index in [4.69, 9.17) is 14.1 Å². The monoisotopic (exact) mass is 312 g/mol. The molecule has 0 saturated carbocycles. The Labute approximate surface area is 137 Å². The molecule has 0 bridgehead atoms. The van der Waals surface area contributed by atoms with Gasteiger partial charge in [-0.3, -0.25) is 0 Å². The molecule has 0 aliphatic carbocycles. The van der Waals surface area contributed by atoms with Crippen LogP contribution in [-0.4, -0.2) is 25.4 Å². The van der Waals surface area contributed by atoms with Gasteiger partial charge in [0.25, 0.3) is 0 Å². The van der Waals surface area contributed by atoms with Gasteiger partial charge in [0.2, 0.25) is 0 Å². The maximum atomic E-state index is 9.82. The van der Waals surface area contributed by atoms with E-state index in [-0.39, 0.29) is 0 Å². The number of rotatable bonds is 8. The van der Waals surface area contributed by atoms with Crippen LogP contribution in [0.5, 0.6) is 5.75 Å². The normalized spacial score (nSPS) is 13.2. The smallest absolute Gasteiger partial charge is 0.494 e. The number of benzene rings is 2. The summed E-state index contributed by atoms with van der Waals surface area (Å²) in [5.41, 5.74) is 2.96. The van der Waals surface area contributed by atoms with Crippen LogP contribution >= 0.6 is 0 Å². The molecule has 4 nitrogen and oxygen atoms in total. The van der Waals surface area contributed by atoms with Crippen molar-refractivity contribution >= 4 is 12.6 Å². The molecule has 1 heterocycles. The fourth-order valence-corrected chi connectivity index (χ4v) is 2.63. The van der Waals surface area contributed by atoms with Crippen LogP contribution < -0.4 is 10.2 Å². The lowest BCUT2D eigenvalue weighted by Gasteiger charge is -2.10. The number of ether oxygens (including phenoxy) is 2. The van der Waals surface area contributed by atoms with Gasteiger partial charge in [-0.15, -0.1) is 0 Å². The third-order valence-electron chi connectivity index (χ3n) is 3.85. The minimum absolute atomic E-state index is 0.445. The molecular formula is C18H21BO4. The molecule has 0 unspecified atom stereocenters. The van der Waals surface area contributed by atoms with Gasteiger partial charge in [0, 0.05) is 12.1 Å². The largest absolute Gasteiger partial charge is 0.495 e. The summed E-state index contributed by atoms with van der Waals surface area (Å²) in [6, 6.07) is 15.9. The first-order chi connectivity index (χ1) is 11.3. The van der Waals surface area contributed by atoms with Crippen molar-refractivity contribution in [1.82, 2.24) is 0 Å². The van der Waals surface area contributed by atoms with E-state index < -0.39 is 7.12 Å². The maximum absolute atomic E-state index is 9.82. The van der Waals surface area contributed by atoms with Crippen LogP contribution in [0.3, 0.4) is 0 Å². The SMILES string of the molecule is OB1OCc2cccc(OCCCCOCc3ccccc3)c21. The number of fused-ring (bicyclic) bond motifs is 1. The molecule has 5 heteroatoms. The molecule has 2 aromatic carbocycles. The summed E-state index contributed by atoms with van der Waals surface area (Å²) in [7, 11) is -0.865. The highest BCUT2D eigenvalue weighted by Gasteiger charge is 2.30. The first-order valence-electron chi connectivity index (χ1n) is 8.00. The van der Waals surface area contributed by atoms with Gasteiger partial charge in [-0.2, -0.15) is 0 Å². The minimum atomic E-state index is -0.865. The Bertz CT molecular complexity index is 618. The molecule has 0 spiro atoms. The van der Waals surface area contributed by atoms with Crippen molar-refractivity contribution < 1.29 is 19.2 Å². The molecule has 1 N–H and O–H groups in total. The van der Waals surface area contributed by atoms with Crippen LogP contribution in [0, 0.1) is 0 Å². The first kappa shape index (κ1) is 16.1. The number of hydrogen-bond donors (Lipinski definition) is 1. The lowest BCUT2D eigenvalue weighted by Crippen LogP contribution is -2.30. The van der Waals surface area contributed by atoms with Crippen LogP contribution in [0.15, 0.2) is 48.5 Å². The third kappa shape index (κ3) is 4.35. The third-order valence-corrected chi connectivity index (χ3v) is 3.85. The zero-order chi connectivity index (χ0) is 15.9. The average molecular weight is 312 g/mol. The molecule has 1 aliphatic heterocycles. The summed E-state index contributed by atoms with van der Waals surface area (Å²) in [6.45, 7) is 2.42. The van der Waals surface area contributed by atoms with Crippen molar-refractivity contribution in [3.05, 3.63) is 59.7 Å². The van der Waals surface area contributed by atoms with Crippen molar-refractivity contribution in [2.45, 2.75) is 26.1 Å². The summed E-state index contributed by atoms with van der Waals surface area (Å²) in [5, 5.41) is 9.82. The summed E-state index contributed by atoms with van der Waals surface area (Å²) in [4.78, 5) is 0. The van der Waals surface area contributed by atoms with E-state index in [0.29, 0.717) is 19.8 Å². The zero-order valence-corrected chi connectivity index (χ0v) is 13.1. The van der Waals surface area contributed by atoms with Gasteiger partial charge in [-0.25, -0.2) is 0 Å². The number of hydrogen-bond acceptors (Lipinski definition) is 4. The van der Waals surface area contributed by atoms with Gasteiger partial charge in [0.15, 0.2) is 0 Å². The molecule has 0 aromatic heterocycles. The predicted octanol–water partition coefficient (Wildman–Crippen LogP) is 2.28.